The molecule has 0 saturated heterocycles. The highest BCUT2D eigenvalue weighted by Gasteiger charge is 2.22. The molecule has 1 aromatic rings. The van der Waals surface area contributed by atoms with Crippen LogP contribution in [0, 0.1) is 0 Å². The zero-order chi connectivity index (χ0) is 9.26. The molecule has 1 aliphatic rings. The van der Waals surface area contributed by atoms with E-state index < -0.39 is 0 Å². The monoisotopic (exact) mass is 178 g/mol. The number of carbonyl (C=O) groups is 1. The van der Waals surface area contributed by atoms with Gasteiger partial charge in [0.1, 0.15) is 5.76 Å². The van der Waals surface area contributed by atoms with Crippen LogP contribution in [0.4, 0.5) is 0 Å². The van der Waals surface area contributed by atoms with Gasteiger partial charge in [0.05, 0.1) is 6.26 Å². The first-order chi connectivity index (χ1) is 6.25. The van der Waals surface area contributed by atoms with Gasteiger partial charge >= 0.3 is 5.97 Å². The van der Waals surface area contributed by atoms with Gasteiger partial charge < -0.3 is 9.15 Å². The lowest BCUT2D eigenvalue weighted by Crippen LogP contribution is -2.14. The fourth-order valence-electron chi connectivity index (χ4n) is 1.40. The second-order valence-electron chi connectivity index (χ2n) is 3.14. The molecule has 0 bridgehead atoms. The van der Waals surface area contributed by atoms with Crippen molar-refractivity contribution in [1.82, 2.24) is 0 Å². The Labute approximate surface area is 76.0 Å². The van der Waals surface area contributed by atoms with E-state index in [0.717, 1.165) is 12.0 Å². The fraction of sp³-hybridized carbons (Fsp3) is 0.300. The summed E-state index contributed by atoms with van der Waals surface area (Å²) in [6.07, 6.45) is 3.57. The van der Waals surface area contributed by atoms with Crippen LogP contribution in [0.2, 0.25) is 0 Å². The Hall–Kier alpha value is -1.51. The van der Waals surface area contributed by atoms with E-state index >= 15 is 0 Å². The molecule has 0 spiro atoms. The third kappa shape index (κ3) is 1.64. The first kappa shape index (κ1) is 8.10. The molecule has 0 fully saturated rings. The standard InChI is InChI=1S/C10H10O3/c1-7-5-9(13-10(11)6-7)8-3-2-4-12-8/h2-4,6,9H,5H2,1H3. The predicted molar refractivity (Wildman–Crippen MR) is 45.9 cm³/mol. The van der Waals surface area contributed by atoms with Crippen LogP contribution in [0.1, 0.15) is 25.2 Å². The molecule has 0 N–H and O–H groups in total. The number of esters is 1. The molecule has 2 rings (SSSR count). The Kier molecular flexibility index (Phi) is 1.93. The van der Waals surface area contributed by atoms with Crippen molar-refractivity contribution in [2.24, 2.45) is 0 Å². The van der Waals surface area contributed by atoms with Crippen molar-refractivity contribution in [3.63, 3.8) is 0 Å². The first-order valence-electron chi connectivity index (χ1n) is 4.17. The average Bonchev–Trinajstić information content (AvgIpc) is 2.53. The molecule has 13 heavy (non-hydrogen) atoms. The Morgan fingerprint density at radius 2 is 2.38 bits per heavy atom. The van der Waals surface area contributed by atoms with E-state index in [0.29, 0.717) is 5.76 Å². The van der Waals surface area contributed by atoms with Gasteiger partial charge in [-0.15, -0.1) is 0 Å². The Balaban J connectivity index is 2.20. The Morgan fingerprint density at radius 1 is 1.54 bits per heavy atom. The summed E-state index contributed by atoms with van der Waals surface area (Å²) < 4.78 is 10.3. The number of hydrogen-bond donors (Lipinski definition) is 0. The summed E-state index contributed by atoms with van der Waals surface area (Å²) in [6.45, 7) is 1.91. The first-order valence-corrected chi connectivity index (χ1v) is 4.17. The molecular weight excluding hydrogens is 168 g/mol. The quantitative estimate of drug-likeness (QED) is 0.619. The molecule has 0 saturated carbocycles. The normalized spacial score (nSPS) is 22.4. The van der Waals surface area contributed by atoms with Gasteiger partial charge in [-0.25, -0.2) is 4.79 Å². The molecule has 2 heterocycles. The van der Waals surface area contributed by atoms with Crippen molar-refractivity contribution < 1.29 is 13.9 Å². The molecule has 0 radical (unpaired) electrons. The number of rotatable bonds is 1. The summed E-state index contributed by atoms with van der Waals surface area (Å²) in [7, 11) is 0. The van der Waals surface area contributed by atoms with Gasteiger partial charge in [0.15, 0.2) is 6.10 Å². The maximum Gasteiger partial charge on any atom is 0.331 e. The molecule has 3 heteroatoms. The van der Waals surface area contributed by atoms with E-state index in [-0.39, 0.29) is 12.1 Å². The Bertz CT molecular complexity index is 335. The van der Waals surface area contributed by atoms with Crippen LogP contribution >= 0.6 is 0 Å². The molecular formula is C10H10O3. The number of cyclic esters (lactones) is 1. The van der Waals surface area contributed by atoms with E-state index in [4.69, 9.17) is 9.15 Å². The number of carbonyl (C=O) groups excluding carboxylic acids is 1. The van der Waals surface area contributed by atoms with Crippen LogP contribution < -0.4 is 0 Å². The van der Waals surface area contributed by atoms with Gasteiger partial charge in [-0.3, -0.25) is 0 Å². The number of furan rings is 1. The molecule has 1 aliphatic heterocycles. The third-order valence-corrected chi connectivity index (χ3v) is 1.99. The summed E-state index contributed by atoms with van der Waals surface area (Å²) in [5, 5.41) is 0. The van der Waals surface area contributed by atoms with Crippen LogP contribution in [0.3, 0.4) is 0 Å². The summed E-state index contributed by atoms with van der Waals surface area (Å²) in [6, 6.07) is 3.60. The highest BCUT2D eigenvalue weighted by Crippen LogP contribution is 2.28. The van der Waals surface area contributed by atoms with Gasteiger partial charge in [0.25, 0.3) is 0 Å². The van der Waals surface area contributed by atoms with Gasteiger partial charge in [0.2, 0.25) is 0 Å². The van der Waals surface area contributed by atoms with Crippen LogP contribution in [0.25, 0.3) is 0 Å². The lowest BCUT2D eigenvalue weighted by Gasteiger charge is -2.19. The van der Waals surface area contributed by atoms with Crippen molar-refractivity contribution in [3.05, 3.63) is 35.8 Å². The van der Waals surface area contributed by atoms with Gasteiger partial charge in [-0.1, -0.05) is 5.57 Å². The van der Waals surface area contributed by atoms with Crippen molar-refractivity contribution in [1.29, 1.82) is 0 Å². The van der Waals surface area contributed by atoms with Crippen LogP contribution in [0.15, 0.2) is 34.5 Å². The average molecular weight is 178 g/mol. The van der Waals surface area contributed by atoms with E-state index in [2.05, 4.69) is 0 Å². The molecule has 0 aliphatic carbocycles. The molecule has 0 aromatic carbocycles. The lowest BCUT2D eigenvalue weighted by atomic mass is 10.1. The maximum absolute atomic E-state index is 11.0. The molecule has 1 aromatic heterocycles. The summed E-state index contributed by atoms with van der Waals surface area (Å²) in [5.41, 5.74) is 1.03. The van der Waals surface area contributed by atoms with Crippen molar-refractivity contribution in [2.75, 3.05) is 0 Å². The minimum absolute atomic E-state index is 0.243. The molecule has 0 amide bonds. The van der Waals surface area contributed by atoms with Crippen molar-refractivity contribution in [3.8, 4) is 0 Å². The topological polar surface area (TPSA) is 39.4 Å². The fourth-order valence-corrected chi connectivity index (χ4v) is 1.40. The summed E-state index contributed by atoms with van der Waals surface area (Å²) in [5.74, 6) is 0.422. The van der Waals surface area contributed by atoms with E-state index in [1.165, 1.54) is 6.08 Å². The highest BCUT2D eigenvalue weighted by molar-refractivity contribution is 5.83. The summed E-state index contributed by atoms with van der Waals surface area (Å²) in [4.78, 5) is 11.0. The zero-order valence-electron chi connectivity index (χ0n) is 7.32. The van der Waals surface area contributed by atoms with Crippen LogP contribution in [-0.4, -0.2) is 5.97 Å². The number of hydrogen-bond acceptors (Lipinski definition) is 3. The SMILES string of the molecule is CC1=CC(=O)OC(c2ccco2)C1. The summed E-state index contributed by atoms with van der Waals surface area (Å²) >= 11 is 0. The van der Waals surface area contributed by atoms with Gasteiger partial charge in [-0.2, -0.15) is 0 Å². The largest absolute Gasteiger partial charge is 0.465 e. The van der Waals surface area contributed by atoms with Crippen molar-refractivity contribution >= 4 is 5.97 Å². The minimum Gasteiger partial charge on any atom is -0.465 e. The van der Waals surface area contributed by atoms with E-state index in [9.17, 15) is 4.79 Å². The van der Waals surface area contributed by atoms with E-state index in [1.807, 2.05) is 13.0 Å². The predicted octanol–water partition coefficient (Wildman–Crippen LogP) is 2.21. The van der Waals surface area contributed by atoms with Crippen LogP contribution in [-0.2, 0) is 9.53 Å². The Morgan fingerprint density at radius 3 is 3.00 bits per heavy atom. The highest BCUT2D eigenvalue weighted by atomic mass is 16.6. The smallest absolute Gasteiger partial charge is 0.331 e. The second kappa shape index (κ2) is 3.09. The maximum atomic E-state index is 11.0. The molecule has 1 atom stereocenters. The van der Waals surface area contributed by atoms with Gasteiger partial charge in [-0.05, 0) is 19.1 Å². The van der Waals surface area contributed by atoms with E-state index in [1.54, 1.807) is 12.3 Å². The molecule has 1 unspecified atom stereocenters. The third-order valence-electron chi connectivity index (χ3n) is 1.99. The minimum atomic E-state index is -0.287. The van der Waals surface area contributed by atoms with Crippen LogP contribution in [0.5, 0.6) is 0 Å². The molecule has 3 nitrogen and oxygen atoms in total. The zero-order valence-corrected chi connectivity index (χ0v) is 7.32. The van der Waals surface area contributed by atoms with Gasteiger partial charge in [0, 0.05) is 12.5 Å². The number of ether oxygens (including phenoxy) is 1. The molecule has 68 valence electrons. The second-order valence-corrected chi connectivity index (χ2v) is 3.14. The lowest BCUT2D eigenvalue weighted by molar-refractivity contribution is -0.145. The van der Waals surface area contributed by atoms with Crippen molar-refractivity contribution in [2.45, 2.75) is 19.4 Å².